The topological polar surface area (TPSA) is 378 Å². The van der Waals surface area contributed by atoms with E-state index in [1.165, 1.54) is 19.0 Å². The second-order valence-corrected chi connectivity index (χ2v) is 30.8. The third-order valence-electron chi connectivity index (χ3n) is 22.9. The number of anilines is 9. The lowest BCUT2D eigenvalue weighted by molar-refractivity contribution is 0.00520. The summed E-state index contributed by atoms with van der Waals surface area (Å²) in [6.45, 7) is 15.1. The molecule has 6 aromatic carbocycles. The van der Waals surface area contributed by atoms with E-state index < -0.39 is 0 Å². The number of benzene rings is 6. The number of nitrogens with one attached hydrogen (secondary N) is 5. The summed E-state index contributed by atoms with van der Waals surface area (Å²) in [4.78, 5) is 42.9. The summed E-state index contributed by atoms with van der Waals surface area (Å²) >= 11 is 0. The number of morpholine rings is 1. The number of aromatic nitrogens is 15. The predicted molar refractivity (Wildman–Crippen MR) is 452 cm³/mol. The van der Waals surface area contributed by atoms with Crippen LogP contribution in [0.5, 0.6) is 0 Å². The van der Waals surface area contributed by atoms with E-state index in [1.807, 2.05) is 123 Å². The van der Waals surface area contributed by atoms with Crippen LogP contribution in [-0.2, 0) is 14.2 Å². The molecule has 598 valence electrons. The molecule has 0 unspecified atom stereocenters. The molecule has 1 aliphatic heterocycles. The highest BCUT2D eigenvalue weighted by Crippen LogP contribution is 2.42. The van der Waals surface area contributed by atoms with E-state index in [2.05, 4.69) is 116 Å². The largest absolute Gasteiger partial charge is 0.423 e. The van der Waals surface area contributed by atoms with Gasteiger partial charge >= 0.3 is 0 Å². The van der Waals surface area contributed by atoms with Gasteiger partial charge in [-0.2, -0.15) is 30.2 Å². The molecular formula is C86H98N24O6. The highest BCUT2D eigenvalue weighted by Gasteiger charge is 2.33. The van der Waals surface area contributed by atoms with Gasteiger partial charge in [0, 0.05) is 92.3 Å². The van der Waals surface area contributed by atoms with Gasteiger partial charge < -0.3 is 71.2 Å². The van der Waals surface area contributed by atoms with Crippen molar-refractivity contribution in [3.63, 3.8) is 0 Å². The highest BCUT2D eigenvalue weighted by atomic mass is 16.5. The molecule has 15 aromatic rings. The van der Waals surface area contributed by atoms with Crippen molar-refractivity contribution in [2.45, 2.75) is 141 Å². The van der Waals surface area contributed by atoms with Gasteiger partial charge in [-0.05, 0) is 188 Å². The molecule has 0 bridgehead atoms. The van der Waals surface area contributed by atoms with Crippen molar-refractivity contribution in [2.24, 2.45) is 0 Å². The highest BCUT2D eigenvalue weighted by molar-refractivity contribution is 6.01. The number of para-hydroxylation sites is 2. The van der Waals surface area contributed by atoms with Crippen LogP contribution in [-0.4, -0.2) is 164 Å². The summed E-state index contributed by atoms with van der Waals surface area (Å²) in [6.07, 6.45) is 17.4. The van der Waals surface area contributed by atoms with E-state index in [4.69, 9.17) is 60.0 Å². The lowest BCUT2D eigenvalue weighted by atomic mass is 9.90. The minimum atomic E-state index is 0.267. The molecule has 4 fully saturated rings. The van der Waals surface area contributed by atoms with Crippen LogP contribution in [0.4, 0.5) is 52.6 Å². The average Bonchev–Trinajstić information content (AvgIpc) is 1.63. The van der Waals surface area contributed by atoms with Crippen molar-refractivity contribution in [1.82, 2.24) is 89.7 Å². The van der Waals surface area contributed by atoms with E-state index in [1.54, 1.807) is 14.2 Å². The van der Waals surface area contributed by atoms with Crippen LogP contribution in [0.3, 0.4) is 0 Å². The van der Waals surface area contributed by atoms with E-state index in [-0.39, 0.29) is 18.1 Å². The number of fused-ring (bicyclic) bond motifs is 6. The van der Waals surface area contributed by atoms with Crippen LogP contribution in [0.15, 0.2) is 154 Å². The lowest BCUT2D eigenvalue weighted by Gasteiger charge is -2.38. The van der Waals surface area contributed by atoms with Crippen molar-refractivity contribution < 1.29 is 27.5 Å². The molecule has 0 spiro atoms. The number of ether oxygens (including phenoxy) is 3. The third-order valence-corrected chi connectivity index (χ3v) is 22.9. The summed E-state index contributed by atoms with van der Waals surface area (Å²) in [5, 5.41) is 34.5. The van der Waals surface area contributed by atoms with E-state index >= 15 is 0 Å². The van der Waals surface area contributed by atoms with Gasteiger partial charge in [-0.3, -0.25) is 4.90 Å². The second-order valence-electron chi connectivity index (χ2n) is 30.8. The fraction of sp³-hybridized carbons (Fsp3) is 0.372. The lowest BCUT2D eigenvalue weighted by Crippen LogP contribution is -2.45. The van der Waals surface area contributed by atoms with Gasteiger partial charge in [0.05, 0.1) is 60.7 Å². The molecule has 116 heavy (non-hydrogen) atoms. The second kappa shape index (κ2) is 34.2. The summed E-state index contributed by atoms with van der Waals surface area (Å²) in [7, 11) is 3.46. The van der Waals surface area contributed by atoms with Crippen molar-refractivity contribution in [3.05, 3.63) is 163 Å². The SMILES string of the molecule is COCCNC1CCC(n2nc(-c3ccc(Nc4nc5cc(C)cc(C)c5o4)cc3)c3c(N)ncnc32)CC1.COCCNC1CCC(n2nc(-c3ccc(Nc4nc5ccccc5o4)cc3)c3c(N)ncnc32)CC1.Cc1cc(C)c2oc(Nc3ccc(-c4nn(C5CCC(N6CCOCC6)CC5)c5ncnc(N)c45)cc3)nc2c1. The fourth-order valence-electron chi connectivity index (χ4n) is 17.0. The number of rotatable bonds is 21. The van der Waals surface area contributed by atoms with Gasteiger partial charge in [-0.15, -0.1) is 0 Å². The van der Waals surface area contributed by atoms with Gasteiger partial charge in [0.25, 0.3) is 18.0 Å². The molecule has 0 amide bonds. The Bertz CT molecular complexity index is 5870. The maximum absolute atomic E-state index is 6.39. The van der Waals surface area contributed by atoms with E-state index in [0.717, 1.165) is 269 Å². The third kappa shape index (κ3) is 16.5. The van der Waals surface area contributed by atoms with E-state index in [0.29, 0.717) is 53.6 Å². The molecule has 11 N–H and O–H groups in total. The van der Waals surface area contributed by atoms with Gasteiger partial charge in [0.2, 0.25) is 0 Å². The molecule has 3 aliphatic carbocycles. The first-order chi connectivity index (χ1) is 56.7. The zero-order valence-electron chi connectivity index (χ0n) is 66.2. The zero-order chi connectivity index (χ0) is 79.3. The standard InChI is InChI=1S/C30H34N8O2.C29H34N8O2.C27H30N8O2/c1-18-15-19(2)27-24(16-18)35-30(40-27)34-21-5-3-20(4-6-21)26-25-28(31)32-17-33-29(25)38(36-26)23-9-7-22(8-10-23)37-11-13-39-14-12-37;1-17-14-18(2)26-23(15-17)35-29(39-26)34-21-6-4-19(5-7-21)25-24-27(30)32-16-33-28(24)37(36-25)22-10-8-20(9-11-22)31-12-13-38-3;1-36-15-14-29-18-10-12-20(13-11-18)35-26-23(25(28)30-16-31-26)24(34-35)17-6-8-19(9-7-17)32-27-33-21-4-2-3-5-22(21)37-27/h3-6,15-17,22-23H,7-14H2,1-2H3,(H,34,35)(H2,31,32,33);4-7,14-16,20,22,31H,8-13H2,1-3H3,(H,34,35)(H2,30,32,33);2-9,16,18,20,29H,10-15H2,1H3,(H,32,33)(H2,28,30,31). The molecule has 3 saturated carbocycles. The first-order valence-corrected chi connectivity index (χ1v) is 40.2. The molecule has 1 saturated heterocycles. The van der Waals surface area contributed by atoms with Crippen LogP contribution in [0, 0.1) is 27.7 Å². The first kappa shape index (κ1) is 76.6. The van der Waals surface area contributed by atoms with Crippen LogP contribution in [0.2, 0.25) is 0 Å². The number of nitrogen functional groups attached to an aromatic ring is 3. The molecular weight excluding hydrogens is 1470 g/mol. The van der Waals surface area contributed by atoms with Crippen LogP contribution in [0.1, 0.15) is 117 Å². The van der Waals surface area contributed by atoms with Gasteiger partial charge in [0.1, 0.15) is 70.1 Å². The summed E-state index contributed by atoms with van der Waals surface area (Å²) in [5.41, 5.74) is 38.6. The Labute approximate surface area is 670 Å². The van der Waals surface area contributed by atoms with E-state index in [9.17, 15) is 0 Å². The first-order valence-electron chi connectivity index (χ1n) is 40.2. The number of hydrogen-bond acceptors (Lipinski definition) is 27. The Morgan fingerprint density at radius 2 is 0.776 bits per heavy atom. The number of oxazole rings is 3. The van der Waals surface area contributed by atoms with Gasteiger partial charge in [0.15, 0.2) is 33.7 Å². The number of nitrogens with two attached hydrogens (primary N) is 3. The Balaban J connectivity index is 0.000000125. The summed E-state index contributed by atoms with van der Waals surface area (Å²) < 4.78 is 39.8. The van der Waals surface area contributed by atoms with Crippen LogP contribution < -0.4 is 43.8 Å². The monoisotopic (exact) mass is 1560 g/mol. The van der Waals surface area contributed by atoms with Crippen LogP contribution in [0.25, 0.3) is 100 Å². The Morgan fingerprint density at radius 3 is 1.16 bits per heavy atom. The smallest absolute Gasteiger partial charge is 0.300 e. The van der Waals surface area contributed by atoms with Crippen molar-refractivity contribution in [1.29, 1.82) is 0 Å². The molecule has 30 nitrogen and oxygen atoms in total. The minimum absolute atomic E-state index is 0.267. The zero-order valence-corrected chi connectivity index (χ0v) is 66.2. The van der Waals surface area contributed by atoms with Crippen molar-refractivity contribution in [2.75, 3.05) is 100.0 Å². The van der Waals surface area contributed by atoms with Crippen molar-refractivity contribution >= 4 is 119 Å². The Hall–Kier alpha value is -12.1. The molecule has 9 aromatic heterocycles. The van der Waals surface area contributed by atoms with Gasteiger partial charge in [-0.25, -0.2) is 43.9 Å². The van der Waals surface area contributed by atoms with Crippen LogP contribution >= 0.6 is 0 Å². The molecule has 4 aliphatic rings. The maximum Gasteiger partial charge on any atom is 0.300 e. The molecule has 0 atom stereocenters. The number of methoxy groups -OCH3 is 2. The fourth-order valence-corrected chi connectivity index (χ4v) is 17.0. The Morgan fingerprint density at radius 1 is 0.414 bits per heavy atom. The van der Waals surface area contributed by atoms with Crippen molar-refractivity contribution in [3.8, 4) is 33.8 Å². The quantitative estimate of drug-likeness (QED) is 0.0310. The number of hydrogen-bond donors (Lipinski definition) is 8. The molecule has 10 heterocycles. The van der Waals surface area contributed by atoms with Gasteiger partial charge in [-0.1, -0.05) is 60.7 Å². The molecule has 30 heteroatoms. The normalized spacial score (nSPS) is 18.7. The number of aryl methyl sites for hydroxylation is 4. The molecule has 19 rings (SSSR count). The summed E-state index contributed by atoms with van der Waals surface area (Å²) in [5.74, 6) is 1.33. The predicted octanol–water partition coefficient (Wildman–Crippen LogP) is 15.4. The Kier molecular flexibility index (Phi) is 22.6. The minimum Gasteiger partial charge on any atom is -0.423 e. The maximum atomic E-state index is 6.39. The average molecular weight is 1560 g/mol. The molecule has 0 radical (unpaired) electrons. The number of nitrogens with zero attached hydrogens (tertiary/aromatic N) is 16. The summed E-state index contributed by atoms with van der Waals surface area (Å²) in [6, 6.07) is 43.9.